The number of likely N-dealkylation sites (tertiary alicyclic amines) is 1. The fraction of sp³-hybridized carbons (Fsp3) is 0.818. The first kappa shape index (κ1) is 14.7. The van der Waals surface area contributed by atoms with Crippen molar-refractivity contribution in [3.63, 3.8) is 0 Å². The van der Waals surface area contributed by atoms with Crippen LogP contribution < -0.4 is 0 Å². The molecule has 1 heterocycles. The lowest BCUT2D eigenvalue weighted by molar-refractivity contribution is -0.142. The quantitative estimate of drug-likeness (QED) is 0.600. The van der Waals surface area contributed by atoms with Gasteiger partial charge in [-0.1, -0.05) is 6.92 Å². The standard InChI is InChI=1S/C11H20N2O5/c1-8-2-3-13(9(8)10(16)17)11(18)12(4-6-14)5-7-15/h8-9,14-15H,2-7H2,1H3,(H,16,17). The number of carboxylic acids is 1. The van der Waals surface area contributed by atoms with Gasteiger partial charge in [-0.05, 0) is 12.3 Å². The zero-order valence-electron chi connectivity index (χ0n) is 10.4. The summed E-state index contributed by atoms with van der Waals surface area (Å²) in [4.78, 5) is 25.9. The molecule has 2 amide bonds. The monoisotopic (exact) mass is 260 g/mol. The molecule has 0 aromatic rings. The molecule has 104 valence electrons. The Hall–Kier alpha value is -1.34. The fourth-order valence-electron chi connectivity index (χ4n) is 2.26. The summed E-state index contributed by atoms with van der Waals surface area (Å²) in [5.74, 6) is -1.10. The molecule has 0 spiro atoms. The van der Waals surface area contributed by atoms with E-state index in [1.54, 1.807) is 6.92 Å². The molecular weight excluding hydrogens is 240 g/mol. The summed E-state index contributed by atoms with van der Waals surface area (Å²) < 4.78 is 0. The summed E-state index contributed by atoms with van der Waals surface area (Å²) in [5.41, 5.74) is 0. The molecule has 1 aliphatic heterocycles. The van der Waals surface area contributed by atoms with Crippen LogP contribution >= 0.6 is 0 Å². The predicted molar refractivity (Wildman–Crippen MR) is 63.1 cm³/mol. The zero-order valence-corrected chi connectivity index (χ0v) is 10.4. The first-order chi connectivity index (χ1) is 8.52. The molecule has 2 atom stereocenters. The van der Waals surface area contributed by atoms with Gasteiger partial charge in [-0.15, -0.1) is 0 Å². The fourth-order valence-corrected chi connectivity index (χ4v) is 2.26. The highest BCUT2D eigenvalue weighted by molar-refractivity contribution is 5.83. The maximum atomic E-state index is 12.2. The highest BCUT2D eigenvalue weighted by Crippen LogP contribution is 2.25. The number of aliphatic hydroxyl groups is 2. The van der Waals surface area contributed by atoms with E-state index >= 15 is 0 Å². The Kier molecular flexibility index (Phi) is 5.36. The van der Waals surface area contributed by atoms with Crippen LogP contribution in [0, 0.1) is 5.92 Å². The molecule has 0 aliphatic carbocycles. The van der Waals surface area contributed by atoms with Crippen molar-refractivity contribution in [2.24, 2.45) is 5.92 Å². The highest BCUT2D eigenvalue weighted by atomic mass is 16.4. The third kappa shape index (κ3) is 3.11. The molecular formula is C11H20N2O5. The van der Waals surface area contributed by atoms with Gasteiger partial charge in [0.15, 0.2) is 0 Å². The predicted octanol–water partition coefficient (Wildman–Crippen LogP) is -0.812. The van der Waals surface area contributed by atoms with Crippen LogP contribution in [0.3, 0.4) is 0 Å². The Morgan fingerprint density at radius 2 is 1.83 bits per heavy atom. The number of nitrogens with zero attached hydrogens (tertiary/aromatic N) is 2. The van der Waals surface area contributed by atoms with E-state index in [0.29, 0.717) is 13.0 Å². The maximum Gasteiger partial charge on any atom is 0.326 e. The van der Waals surface area contributed by atoms with Crippen LogP contribution in [0.2, 0.25) is 0 Å². The molecule has 1 saturated heterocycles. The third-order valence-electron chi connectivity index (χ3n) is 3.21. The molecule has 0 bridgehead atoms. The molecule has 1 rings (SSSR count). The van der Waals surface area contributed by atoms with Crippen molar-refractivity contribution in [3.05, 3.63) is 0 Å². The molecule has 18 heavy (non-hydrogen) atoms. The van der Waals surface area contributed by atoms with Crippen molar-refractivity contribution in [1.82, 2.24) is 9.80 Å². The Morgan fingerprint density at radius 3 is 2.28 bits per heavy atom. The summed E-state index contributed by atoms with van der Waals surface area (Å²) >= 11 is 0. The molecule has 0 radical (unpaired) electrons. The van der Waals surface area contributed by atoms with Gasteiger partial charge in [-0.3, -0.25) is 0 Å². The number of urea groups is 1. The van der Waals surface area contributed by atoms with E-state index in [1.807, 2.05) is 0 Å². The van der Waals surface area contributed by atoms with Crippen LogP contribution in [0.15, 0.2) is 0 Å². The van der Waals surface area contributed by atoms with Gasteiger partial charge in [-0.25, -0.2) is 9.59 Å². The van der Waals surface area contributed by atoms with Gasteiger partial charge in [0, 0.05) is 19.6 Å². The summed E-state index contributed by atoms with van der Waals surface area (Å²) in [6.45, 7) is 1.95. The molecule has 0 saturated carbocycles. The van der Waals surface area contributed by atoms with Crippen molar-refractivity contribution in [3.8, 4) is 0 Å². The molecule has 2 unspecified atom stereocenters. The van der Waals surface area contributed by atoms with Crippen molar-refractivity contribution in [1.29, 1.82) is 0 Å². The van der Waals surface area contributed by atoms with Gasteiger partial charge >= 0.3 is 12.0 Å². The smallest absolute Gasteiger partial charge is 0.326 e. The van der Waals surface area contributed by atoms with E-state index in [4.69, 9.17) is 15.3 Å². The number of hydrogen-bond donors (Lipinski definition) is 3. The lowest BCUT2D eigenvalue weighted by atomic mass is 10.0. The van der Waals surface area contributed by atoms with Crippen molar-refractivity contribution in [2.45, 2.75) is 19.4 Å². The first-order valence-corrected chi connectivity index (χ1v) is 6.03. The second-order valence-electron chi connectivity index (χ2n) is 4.46. The topological polar surface area (TPSA) is 101 Å². The van der Waals surface area contributed by atoms with Gasteiger partial charge in [0.1, 0.15) is 6.04 Å². The van der Waals surface area contributed by atoms with Gasteiger partial charge in [-0.2, -0.15) is 0 Å². The van der Waals surface area contributed by atoms with Crippen LogP contribution in [0.5, 0.6) is 0 Å². The molecule has 7 nitrogen and oxygen atoms in total. The minimum Gasteiger partial charge on any atom is -0.480 e. The van der Waals surface area contributed by atoms with Crippen LogP contribution in [0.25, 0.3) is 0 Å². The summed E-state index contributed by atoms with van der Waals surface area (Å²) in [7, 11) is 0. The number of aliphatic hydroxyl groups excluding tert-OH is 2. The third-order valence-corrected chi connectivity index (χ3v) is 3.21. The molecule has 7 heteroatoms. The number of carboxylic acid groups (broad SMARTS) is 1. The number of aliphatic carboxylic acids is 1. The number of carbonyl (C=O) groups is 2. The van der Waals surface area contributed by atoms with E-state index < -0.39 is 18.0 Å². The Morgan fingerprint density at radius 1 is 1.28 bits per heavy atom. The van der Waals surface area contributed by atoms with E-state index in [2.05, 4.69) is 0 Å². The lowest BCUT2D eigenvalue weighted by Gasteiger charge is -2.30. The molecule has 1 fully saturated rings. The SMILES string of the molecule is CC1CCN(C(=O)N(CCO)CCO)C1C(=O)O. The van der Waals surface area contributed by atoms with Gasteiger partial charge < -0.3 is 25.1 Å². The van der Waals surface area contributed by atoms with Crippen LogP contribution in [-0.2, 0) is 4.79 Å². The minimum absolute atomic E-state index is 0.0865. The minimum atomic E-state index is -1.01. The van der Waals surface area contributed by atoms with E-state index in [9.17, 15) is 9.59 Å². The summed E-state index contributed by atoms with van der Waals surface area (Å²) in [6, 6.07) is -1.26. The normalized spacial score (nSPS) is 23.2. The van der Waals surface area contributed by atoms with Crippen molar-refractivity contribution < 1.29 is 24.9 Å². The zero-order chi connectivity index (χ0) is 13.7. The Labute approximate surface area is 106 Å². The molecule has 3 N–H and O–H groups in total. The number of amides is 2. The van der Waals surface area contributed by atoms with Gasteiger partial charge in [0.25, 0.3) is 0 Å². The van der Waals surface area contributed by atoms with Crippen molar-refractivity contribution in [2.75, 3.05) is 32.8 Å². The molecule has 0 aromatic heterocycles. The van der Waals surface area contributed by atoms with E-state index in [0.717, 1.165) is 0 Å². The van der Waals surface area contributed by atoms with E-state index in [1.165, 1.54) is 9.80 Å². The molecule has 1 aliphatic rings. The number of rotatable bonds is 5. The highest BCUT2D eigenvalue weighted by Gasteiger charge is 2.40. The Bertz CT molecular complexity index is 304. The largest absolute Gasteiger partial charge is 0.480 e. The van der Waals surface area contributed by atoms with Crippen LogP contribution in [-0.4, -0.2) is 76.0 Å². The average Bonchev–Trinajstić information content (AvgIpc) is 2.70. The van der Waals surface area contributed by atoms with E-state index in [-0.39, 0.29) is 32.2 Å². The van der Waals surface area contributed by atoms with Gasteiger partial charge in [0.2, 0.25) is 0 Å². The number of carbonyl (C=O) groups excluding carboxylic acids is 1. The van der Waals surface area contributed by atoms with Crippen molar-refractivity contribution >= 4 is 12.0 Å². The maximum absolute atomic E-state index is 12.2. The second kappa shape index (κ2) is 6.55. The lowest BCUT2D eigenvalue weighted by Crippen LogP contribution is -2.50. The van der Waals surface area contributed by atoms with Crippen LogP contribution in [0.4, 0.5) is 4.79 Å². The van der Waals surface area contributed by atoms with Crippen LogP contribution in [0.1, 0.15) is 13.3 Å². The number of hydrogen-bond acceptors (Lipinski definition) is 4. The Balaban J connectivity index is 2.77. The second-order valence-corrected chi connectivity index (χ2v) is 4.46. The summed E-state index contributed by atoms with van der Waals surface area (Å²) in [6.07, 6.45) is 0.648. The van der Waals surface area contributed by atoms with Gasteiger partial charge in [0.05, 0.1) is 13.2 Å². The summed E-state index contributed by atoms with van der Waals surface area (Å²) in [5, 5.41) is 26.9. The average molecular weight is 260 g/mol. The first-order valence-electron chi connectivity index (χ1n) is 6.03. The molecule has 0 aromatic carbocycles.